The summed E-state index contributed by atoms with van der Waals surface area (Å²) in [6.45, 7) is 2.63. The molecular weight excluding hydrogens is 487 g/mol. The minimum atomic E-state index is -0.430. The number of furan rings is 1. The quantitative estimate of drug-likeness (QED) is 0.277. The molecule has 1 aliphatic rings. The number of benzene rings is 1. The van der Waals surface area contributed by atoms with Crippen molar-refractivity contribution < 1.29 is 18.7 Å². The lowest BCUT2D eigenvalue weighted by atomic mass is 10.2. The summed E-state index contributed by atoms with van der Waals surface area (Å²) >= 11 is 0. The molecule has 1 atom stereocenters. The molecule has 156 valence electrons. The molecule has 1 unspecified atom stereocenters. The van der Waals surface area contributed by atoms with Crippen LogP contribution in [0.1, 0.15) is 28.3 Å². The van der Waals surface area contributed by atoms with Crippen LogP contribution in [0, 0.1) is 6.92 Å². The predicted octanol–water partition coefficient (Wildman–Crippen LogP) is 2.46. The van der Waals surface area contributed by atoms with Crippen molar-refractivity contribution in [1.82, 2.24) is 10.6 Å². The number of halogens is 1. The number of aryl methyl sites for hydroxylation is 1. The van der Waals surface area contributed by atoms with Crippen molar-refractivity contribution in [2.24, 2.45) is 4.99 Å². The largest absolute Gasteiger partial charge is 0.465 e. The first-order valence-electron chi connectivity index (χ1n) is 9.02. The van der Waals surface area contributed by atoms with Gasteiger partial charge in [-0.1, -0.05) is 18.2 Å². The van der Waals surface area contributed by atoms with Gasteiger partial charge in [0.25, 0.3) is 0 Å². The summed E-state index contributed by atoms with van der Waals surface area (Å²) in [6, 6.07) is 11.2. The van der Waals surface area contributed by atoms with Gasteiger partial charge in [-0.3, -0.25) is 9.79 Å². The van der Waals surface area contributed by atoms with Crippen molar-refractivity contribution in [3.8, 4) is 0 Å². The molecule has 1 aromatic heterocycles. The maximum atomic E-state index is 12.3. The minimum Gasteiger partial charge on any atom is -0.465 e. The fourth-order valence-corrected chi connectivity index (χ4v) is 3.16. The molecule has 0 radical (unpaired) electrons. The average molecular weight is 512 g/mol. The zero-order chi connectivity index (χ0) is 20.1. The molecule has 2 N–H and O–H groups in total. The monoisotopic (exact) mass is 512 g/mol. The number of hydrogen-bond donors (Lipinski definition) is 2. The minimum absolute atomic E-state index is 0. The van der Waals surface area contributed by atoms with Crippen molar-refractivity contribution in [3.05, 3.63) is 53.5 Å². The van der Waals surface area contributed by atoms with E-state index >= 15 is 0 Å². The van der Waals surface area contributed by atoms with Gasteiger partial charge < -0.3 is 24.7 Å². The van der Waals surface area contributed by atoms with Gasteiger partial charge in [-0.2, -0.15) is 0 Å². The van der Waals surface area contributed by atoms with E-state index in [9.17, 15) is 9.59 Å². The van der Waals surface area contributed by atoms with Gasteiger partial charge >= 0.3 is 5.97 Å². The molecule has 2 heterocycles. The molecule has 3 rings (SSSR count). The maximum Gasteiger partial charge on any atom is 0.341 e. The van der Waals surface area contributed by atoms with Gasteiger partial charge in [0.1, 0.15) is 17.1 Å². The van der Waals surface area contributed by atoms with Crippen LogP contribution in [0.4, 0.5) is 5.69 Å². The number of para-hydroxylation sites is 1. The molecule has 1 fully saturated rings. The molecule has 8 nitrogen and oxygen atoms in total. The van der Waals surface area contributed by atoms with E-state index in [1.54, 1.807) is 24.9 Å². The van der Waals surface area contributed by atoms with Gasteiger partial charge in [0.05, 0.1) is 19.7 Å². The van der Waals surface area contributed by atoms with Gasteiger partial charge in [-0.25, -0.2) is 4.79 Å². The lowest BCUT2D eigenvalue weighted by Gasteiger charge is -2.18. The fraction of sp³-hybridized carbons (Fsp3) is 0.350. The van der Waals surface area contributed by atoms with Crippen molar-refractivity contribution in [1.29, 1.82) is 0 Å². The van der Waals surface area contributed by atoms with E-state index in [1.165, 1.54) is 7.11 Å². The first-order chi connectivity index (χ1) is 13.5. The van der Waals surface area contributed by atoms with E-state index in [2.05, 4.69) is 15.6 Å². The molecule has 0 aliphatic carbocycles. The Hall–Kier alpha value is -2.56. The molecule has 9 heteroatoms. The molecule has 29 heavy (non-hydrogen) atoms. The Balaban J connectivity index is 0.00000300. The molecule has 1 aliphatic heterocycles. The van der Waals surface area contributed by atoms with E-state index in [0.29, 0.717) is 42.6 Å². The standard InChI is InChI=1S/C20H24N4O4.HI/c1-13-17(19(26)27-3)10-16(28-13)11-22-20(21-2)23-14-9-18(25)24(12-14)15-7-5-4-6-8-15;/h4-8,10,14H,9,11-12H2,1-3H3,(H2,21,22,23);1H. The number of guanidine groups is 1. The first-order valence-corrected chi connectivity index (χ1v) is 9.02. The lowest BCUT2D eigenvalue weighted by Crippen LogP contribution is -2.44. The highest BCUT2D eigenvalue weighted by Crippen LogP contribution is 2.21. The van der Waals surface area contributed by atoms with Gasteiger partial charge in [0.15, 0.2) is 5.96 Å². The third kappa shape index (κ3) is 5.49. The number of hydrogen-bond acceptors (Lipinski definition) is 5. The number of amides is 1. The topological polar surface area (TPSA) is 96.2 Å². The zero-order valence-corrected chi connectivity index (χ0v) is 18.9. The van der Waals surface area contributed by atoms with Crippen LogP contribution in [0.3, 0.4) is 0 Å². The Morgan fingerprint density at radius 1 is 1.34 bits per heavy atom. The summed E-state index contributed by atoms with van der Waals surface area (Å²) in [6.07, 6.45) is 0.391. The summed E-state index contributed by atoms with van der Waals surface area (Å²) in [5, 5.41) is 6.41. The van der Waals surface area contributed by atoms with Crippen LogP contribution in [0.5, 0.6) is 0 Å². The number of carbonyl (C=O) groups excluding carboxylic acids is 2. The number of nitrogens with one attached hydrogen (secondary N) is 2. The third-order valence-corrected chi connectivity index (χ3v) is 4.56. The molecular formula is C20H25IN4O4. The average Bonchev–Trinajstić information content (AvgIpc) is 3.27. The van der Waals surface area contributed by atoms with E-state index in [1.807, 2.05) is 30.3 Å². The molecule has 2 aromatic rings. The summed E-state index contributed by atoms with van der Waals surface area (Å²) in [7, 11) is 2.99. The van der Waals surface area contributed by atoms with Gasteiger partial charge in [0.2, 0.25) is 5.91 Å². The molecule has 1 aromatic carbocycles. The first kappa shape index (κ1) is 22.7. The Morgan fingerprint density at radius 2 is 2.07 bits per heavy atom. The van der Waals surface area contributed by atoms with Crippen LogP contribution in [0.25, 0.3) is 0 Å². The predicted molar refractivity (Wildman–Crippen MR) is 121 cm³/mol. The van der Waals surface area contributed by atoms with Crippen molar-refractivity contribution in [3.63, 3.8) is 0 Å². The Kier molecular flexibility index (Phi) is 8.06. The van der Waals surface area contributed by atoms with Crippen LogP contribution in [0.15, 0.2) is 45.8 Å². The second-order valence-corrected chi connectivity index (χ2v) is 6.49. The molecule has 0 saturated carbocycles. The second kappa shape index (κ2) is 10.3. The van der Waals surface area contributed by atoms with Crippen molar-refractivity contribution in [2.75, 3.05) is 25.6 Å². The lowest BCUT2D eigenvalue weighted by molar-refractivity contribution is -0.117. The second-order valence-electron chi connectivity index (χ2n) is 6.49. The molecule has 0 spiro atoms. The highest BCUT2D eigenvalue weighted by molar-refractivity contribution is 14.0. The van der Waals surface area contributed by atoms with Crippen LogP contribution in [-0.2, 0) is 16.1 Å². The highest BCUT2D eigenvalue weighted by atomic mass is 127. The maximum absolute atomic E-state index is 12.3. The molecule has 1 amide bonds. The smallest absolute Gasteiger partial charge is 0.341 e. The van der Waals surface area contributed by atoms with Crippen LogP contribution >= 0.6 is 24.0 Å². The number of methoxy groups -OCH3 is 1. The SMILES string of the molecule is CN=C(NCc1cc(C(=O)OC)c(C)o1)NC1CC(=O)N(c2ccccc2)C1.I. The number of rotatable bonds is 5. The van der Waals surface area contributed by atoms with Gasteiger partial charge in [0, 0.05) is 25.7 Å². The normalized spacial score (nSPS) is 16.4. The number of nitrogens with zero attached hydrogens (tertiary/aromatic N) is 2. The summed E-state index contributed by atoms with van der Waals surface area (Å²) in [5.41, 5.74) is 1.29. The zero-order valence-electron chi connectivity index (χ0n) is 16.6. The number of esters is 1. The Labute approximate surface area is 186 Å². The van der Waals surface area contributed by atoms with Crippen LogP contribution in [0.2, 0.25) is 0 Å². The fourth-order valence-electron chi connectivity index (χ4n) is 3.16. The number of aliphatic imine (C=N–C) groups is 1. The van der Waals surface area contributed by atoms with E-state index < -0.39 is 5.97 Å². The molecule has 1 saturated heterocycles. The van der Waals surface area contributed by atoms with E-state index in [0.717, 1.165) is 5.69 Å². The van der Waals surface area contributed by atoms with E-state index in [-0.39, 0.29) is 35.9 Å². The highest BCUT2D eigenvalue weighted by Gasteiger charge is 2.31. The number of anilines is 1. The Morgan fingerprint density at radius 3 is 2.72 bits per heavy atom. The third-order valence-electron chi connectivity index (χ3n) is 4.56. The summed E-state index contributed by atoms with van der Waals surface area (Å²) < 4.78 is 10.3. The summed E-state index contributed by atoms with van der Waals surface area (Å²) in [4.78, 5) is 30.0. The van der Waals surface area contributed by atoms with Gasteiger partial charge in [-0.15, -0.1) is 24.0 Å². The van der Waals surface area contributed by atoms with Crippen LogP contribution < -0.4 is 15.5 Å². The van der Waals surface area contributed by atoms with E-state index in [4.69, 9.17) is 9.15 Å². The van der Waals surface area contributed by atoms with Crippen molar-refractivity contribution in [2.45, 2.75) is 25.9 Å². The van der Waals surface area contributed by atoms with Crippen LogP contribution in [-0.4, -0.2) is 44.6 Å². The van der Waals surface area contributed by atoms with Gasteiger partial charge in [-0.05, 0) is 25.1 Å². The number of carbonyl (C=O) groups is 2. The number of ether oxygens (including phenoxy) is 1. The van der Waals surface area contributed by atoms with Crippen molar-refractivity contribution >= 4 is 47.5 Å². The molecule has 0 bridgehead atoms. The Bertz CT molecular complexity index is 882. The summed E-state index contributed by atoms with van der Waals surface area (Å²) in [5.74, 6) is 1.30.